The Kier molecular flexibility index (Phi) is 4.29. The largest absolute Gasteiger partial charge is 0.416 e. The van der Waals surface area contributed by atoms with E-state index in [1.165, 1.54) is 23.5 Å². The minimum atomic E-state index is -4.31. The average Bonchev–Trinajstić information content (AvgIpc) is 3.02. The van der Waals surface area contributed by atoms with Crippen molar-refractivity contribution in [3.8, 4) is 10.6 Å². The third-order valence-electron chi connectivity index (χ3n) is 3.17. The van der Waals surface area contributed by atoms with Crippen LogP contribution in [-0.2, 0) is 12.7 Å². The highest BCUT2D eigenvalue weighted by molar-refractivity contribution is 7.18. The Balaban J connectivity index is 1.64. The van der Waals surface area contributed by atoms with Crippen molar-refractivity contribution in [1.29, 1.82) is 0 Å². The summed E-state index contributed by atoms with van der Waals surface area (Å²) in [5.74, 6) is 0. The zero-order valence-corrected chi connectivity index (χ0v) is 12.7. The lowest BCUT2D eigenvalue weighted by molar-refractivity contribution is -0.137. The van der Waals surface area contributed by atoms with Crippen molar-refractivity contribution in [2.75, 3.05) is 5.32 Å². The first-order chi connectivity index (χ1) is 11.0. The third-order valence-corrected chi connectivity index (χ3v) is 4.10. The highest BCUT2D eigenvalue weighted by Gasteiger charge is 2.29. The number of benzene rings is 2. The van der Waals surface area contributed by atoms with Gasteiger partial charge in [-0.1, -0.05) is 53.8 Å². The van der Waals surface area contributed by atoms with Gasteiger partial charge in [0.05, 0.1) is 5.56 Å². The van der Waals surface area contributed by atoms with Crippen LogP contribution in [-0.4, -0.2) is 10.2 Å². The standard InChI is InChI=1S/C16H12F3N3S/c17-16(18,19)13-8-6-11(7-9-13)10-20-15-22-21-14(23-15)12-4-2-1-3-5-12/h1-9H,10H2,(H,20,22). The minimum absolute atomic E-state index is 0.390. The van der Waals surface area contributed by atoms with Gasteiger partial charge in [0, 0.05) is 12.1 Å². The van der Waals surface area contributed by atoms with Crippen LogP contribution < -0.4 is 5.32 Å². The average molecular weight is 335 g/mol. The molecule has 0 saturated carbocycles. The highest BCUT2D eigenvalue weighted by atomic mass is 32.1. The molecule has 0 saturated heterocycles. The molecule has 0 fully saturated rings. The topological polar surface area (TPSA) is 37.8 Å². The summed E-state index contributed by atoms with van der Waals surface area (Å²) in [6.07, 6.45) is -4.31. The summed E-state index contributed by atoms with van der Waals surface area (Å²) in [6.45, 7) is 0.390. The van der Waals surface area contributed by atoms with Crippen LogP contribution in [0.5, 0.6) is 0 Å². The fourth-order valence-electron chi connectivity index (χ4n) is 1.98. The molecule has 0 aliphatic carbocycles. The molecule has 0 aliphatic heterocycles. The number of rotatable bonds is 4. The van der Waals surface area contributed by atoms with Crippen molar-refractivity contribution in [2.45, 2.75) is 12.7 Å². The van der Waals surface area contributed by atoms with E-state index in [0.29, 0.717) is 11.7 Å². The van der Waals surface area contributed by atoms with Crippen molar-refractivity contribution in [2.24, 2.45) is 0 Å². The fourth-order valence-corrected chi connectivity index (χ4v) is 2.73. The number of anilines is 1. The van der Waals surface area contributed by atoms with E-state index < -0.39 is 11.7 Å². The number of halogens is 3. The molecule has 3 nitrogen and oxygen atoms in total. The Morgan fingerprint density at radius 1 is 0.913 bits per heavy atom. The Labute approximate surface area is 134 Å². The van der Waals surface area contributed by atoms with Gasteiger partial charge in [0.25, 0.3) is 0 Å². The maximum Gasteiger partial charge on any atom is 0.416 e. The molecular formula is C16H12F3N3S. The van der Waals surface area contributed by atoms with E-state index in [-0.39, 0.29) is 0 Å². The van der Waals surface area contributed by atoms with Crippen molar-refractivity contribution in [3.05, 3.63) is 65.7 Å². The molecule has 0 atom stereocenters. The zero-order valence-electron chi connectivity index (χ0n) is 11.8. The molecule has 0 spiro atoms. The molecule has 118 valence electrons. The van der Waals surface area contributed by atoms with Crippen LogP contribution in [0.15, 0.2) is 54.6 Å². The van der Waals surface area contributed by atoms with Gasteiger partial charge in [-0.05, 0) is 17.7 Å². The van der Waals surface area contributed by atoms with Crippen LogP contribution in [0.4, 0.5) is 18.3 Å². The van der Waals surface area contributed by atoms with Gasteiger partial charge in [-0.25, -0.2) is 0 Å². The van der Waals surface area contributed by atoms with Crippen molar-refractivity contribution < 1.29 is 13.2 Å². The second kappa shape index (κ2) is 6.37. The van der Waals surface area contributed by atoms with Gasteiger partial charge in [-0.3, -0.25) is 0 Å². The van der Waals surface area contributed by atoms with Gasteiger partial charge in [0.2, 0.25) is 5.13 Å². The zero-order chi connectivity index (χ0) is 16.3. The van der Waals surface area contributed by atoms with Gasteiger partial charge in [-0.15, -0.1) is 10.2 Å². The van der Waals surface area contributed by atoms with Crippen molar-refractivity contribution in [1.82, 2.24) is 10.2 Å². The van der Waals surface area contributed by atoms with E-state index in [1.807, 2.05) is 30.3 Å². The maximum absolute atomic E-state index is 12.5. The van der Waals surface area contributed by atoms with Crippen LogP contribution in [0.2, 0.25) is 0 Å². The van der Waals surface area contributed by atoms with Crippen LogP contribution >= 0.6 is 11.3 Å². The van der Waals surface area contributed by atoms with E-state index in [0.717, 1.165) is 28.3 Å². The molecule has 23 heavy (non-hydrogen) atoms. The van der Waals surface area contributed by atoms with Gasteiger partial charge in [0.1, 0.15) is 5.01 Å². The molecule has 1 N–H and O–H groups in total. The predicted molar refractivity (Wildman–Crippen MR) is 84.1 cm³/mol. The lowest BCUT2D eigenvalue weighted by atomic mass is 10.1. The summed E-state index contributed by atoms with van der Waals surface area (Å²) in [5, 5.41) is 12.6. The van der Waals surface area contributed by atoms with E-state index in [2.05, 4.69) is 15.5 Å². The minimum Gasteiger partial charge on any atom is -0.356 e. The number of hydrogen-bond donors (Lipinski definition) is 1. The molecule has 0 aliphatic rings. The molecule has 0 amide bonds. The number of hydrogen-bond acceptors (Lipinski definition) is 4. The van der Waals surface area contributed by atoms with E-state index >= 15 is 0 Å². The number of nitrogens with zero attached hydrogens (tertiary/aromatic N) is 2. The lowest BCUT2D eigenvalue weighted by Gasteiger charge is -2.07. The van der Waals surface area contributed by atoms with Gasteiger partial charge in [0.15, 0.2) is 0 Å². The van der Waals surface area contributed by atoms with Crippen LogP contribution in [0.1, 0.15) is 11.1 Å². The van der Waals surface area contributed by atoms with E-state index in [1.54, 1.807) is 0 Å². The van der Waals surface area contributed by atoms with Crippen LogP contribution in [0.25, 0.3) is 10.6 Å². The SMILES string of the molecule is FC(F)(F)c1ccc(CNc2nnc(-c3ccccc3)s2)cc1. The summed E-state index contributed by atoms with van der Waals surface area (Å²) < 4.78 is 37.5. The fraction of sp³-hybridized carbons (Fsp3) is 0.125. The van der Waals surface area contributed by atoms with Crippen LogP contribution in [0.3, 0.4) is 0 Å². The van der Waals surface area contributed by atoms with Gasteiger partial charge >= 0.3 is 6.18 Å². The molecule has 3 rings (SSSR count). The highest BCUT2D eigenvalue weighted by Crippen LogP contribution is 2.29. The first-order valence-electron chi connectivity index (χ1n) is 6.81. The Morgan fingerprint density at radius 2 is 1.61 bits per heavy atom. The maximum atomic E-state index is 12.5. The smallest absolute Gasteiger partial charge is 0.356 e. The van der Waals surface area contributed by atoms with Gasteiger partial charge in [-0.2, -0.15) is 13.2 Å². The third kappa shape index (κ3) is 3.87. The summed E-state index contributed by atoms with van der Waals surface area (Å²) in [4.78, 5) is 0. The van der Waals surface area contributed by atoms with Crippen LogP contribution in [0, 0.1) is 0 Å². The molecule has 7 heteroatoms. The number of aromatic nitrogens is 2. The Morgan fingerprint density at radius 3 is 2.26 bits per heavy atom. The normalized spacial score (nSPS) is 11.4. The summed E-state index contributed by atoms with van der Waals surface area (Å²) >= 11 is 1.40. The second-order valence-corrected chi connectivity index (χ2v) is 5.80. The molecule has 1 heterocycles. The molecule has 1 aromatic heterocycles. The van der Waals surface area contributed by atoms with Crippen molar-refractivity contribution >= 4 is 16.5 Å². The quantitative estimate of drug-likeness (QED) is 0.742. The Bertz CT molecular complexity index is 767. The second-order valence-electron chi connectivity index (χ2n) is 4.83. The molecule has 0 unspecified atom stereocenters. The first kappa shape index (κ1) is 15.5. The summed E-state index contributed by atoms with van der Waals surface area (Å²) in [6, 6.07) is 14.7. The Hall–Kier alpha value is -2.41. The lowest BCUT2D eigenvalue weighted by Crippen LogP contribution is -2.05. The number of nitrogens with one attached hydrogen (secondary N) is 1. The molecule has 2 aromatic carbocycles. The predicted octanol–water partition coefficient (Wildman–Crippen LogP) is 4.84. The first-order valence-corrected chi connectivity index (χ1v) is 7.63. The molecule has 0 radical (unpaired) electrons. The monoisotopic (exact) mass is 335 g/mol. The van der Waals surface area contributed by atoms with Gasteiger partial charge < -0.3 is 5.32 Å². The molecular weight excluding hydrogens is 323 g/mol. The number of alkyl halides is 3. The van der Waals surface area contributed by atoms with E-state index in [9.17, 15) is 13.2 Å². The van der Waals surface area contributed by atoms with Crippen molar-refractivity contribution in [3.63, 3.8) is 0 Å². The molecule has 3 aromatic rings. The molecule has 0 bridgehead atoms. The van der Waals surface area contributed by atoms with E-state index in [4.69, 9.17) is 0 Å². The summed E-state index contributed by atoms with van der Waals surface area (Å²) in [5.41, 5.74) is 1.07. The summed E-state index contributed by atoms with van der Waals surface area (Å²) in [7, 11) is 0.